The van der Waals surface area contributed by atoms with E-state index < -0.39 is 11.7 Å². The highest BCUT2D eigenvalue weighted by Gasteiger charge is 2.12. The van der Waals surface area contributed by atoms with Gasteiger partial charge in [0.1, 0.15) is 5.82 Å². The third-order valence-electron chi connectivity index (χ3n) is 2.84. The number of hydrogen-bond donors (Lipinski definition) is 1. The number of carbonyl (C=O) groups is 1. The summed E-state index contributed by atoms with van der Waals surface area (Å²) >= 11 is 0. The lowest BCUT2D eigenvalue weighted by Gasteiger charge is -2.12. The van der Waals surface area contributed by atoms with Crippen LogP contribution < -0.4 is 14.8 Å². The minimum Gasteiger partial charge on any atom is -0.493 e. The summed E-state index contributed by atoms with van der Waals surface area (Å²) in [5.41, 5.74) is 0.499. The van der Waals surface area contributed by atoms with E-state index in [1.807, 2.05) is 6.92 Å². The standard InChI is InChI=1S/C16H16FNO3/c1-3-21-15-10-11(8-9-14(15)20-2)18-16(19)12-6-4-5-7-13(12)17/h4-10H,3H2,1-2H3,(H,18,19). The van der Waals surface area contributed by atoms with Crippen molar-refractivity contribution in [3.05, 3.63) is 53.8 Å². The summed E-state index contributed by atoms with van der Waals surface area (Å²) < 4.78 is 24.1. The quantitative estimate of drug-likeness (QED) is 0.916. The number of benzene rings is 2. The monoisotopic (exact) mass is 289 g/mol. The van der Waals surface area contributed by atoms with Crippen LogP contribution in [0, 0.1) is 5.82 Å². The average Bonchev–Trinajstić information content (AvgIpc) is 2.48. The van der Waals surface area contributed by atoms with Gasteiger partial charge in [-0.15, -0.1) is 0 Å². The number of amides is 1. The Morgan fingerprint density at radius 3 is 2.62 bits per heavy atom. The number of hydrogen-bond acceptors (Lipinski definition) is 3. The Morgan fingerprint density at radius 1 is 1.19 bits per heavy atom. The Kier molecular flexibility index (Phi) is 4.77. The van der Waals surface area contributed by atoms with Crippen molar-refractivity contribution < 1.29 is 18.7 Å². The normalized spacial score (nSPS) is 10.0. The van der Waals surface area contributed by atoms with Gasteiger partial charge in [-0.3, -0.25) is 4.79 Å². The number of nitrogens with one attached hydrogen (secondary N) is 1. The molecule has 0 spiro atoms. The minimum absolute atomic E-state index is 0.00808. The summed E-state index contributed by atoms with van der Waals surface area (Å²) in [6.07, 6.45) is 0. The van der Waals surface area contributed by atoms with Crippen LogP contribution in [0.1, 0.15) is 17.3 Å². The molecule has 0 aliphatic carbocycles. The number of rotatable bonds is 5. The van der Waals surface area contributed by atoms with E-state index in [-0.39, 0.29) is 5.56 Å². The van der Waals surface area contributed by atoms with Gasteiger partial charge >= 0.3 is 0 Å². The maximum absolute atomic E-state index is 13.6. The van der Waals surface area contributed by atoms with E-state index >= 15 is 0 Å². The molecule has 110 valence electrons. The van der Waals surface area contributed by atoms with Gasteiger partial charge in [-0.25, -0.2) is 4.39 Å². The first-order chi connectivity index (χ1) is 10.2. The van der Waals surface area contributed by atoms with Gasteiger partial charge in [0.05, 0.1) is 19.3 Å². The molecule has 0 aromatic heterocycles. The summed E-state index contributed by atoms with van der Waals surface area (Å²) in [6, 6.07) is 10.8. The van der Waals surface area contributed by atoms with Crippen molar-refractivity contribution in [2.45, 2.75) is 6.92 Å². The minimum atomic E-state index is -0.562. The van der Waals surface area contributed by atoms with Crippen LogP contribution in [0.3, 0.4) is 0 Å². The van der Waals surface area contributed by atoms with Crippen molar-refractivity contribution in [3.63, 3.8) is 0 Å². The molecule has 1 amide bonds. The van der Waals surface area contributed by atoms with Crippen LogP contribution >= 0.6 is 0 Å². The smallest absolute Gasteiger partial charge is 0.258 e. The Labute approximate surface area is 122 Å². The maximum atomic E-state index is 13.6. The summed E-state index contributed by atoms with van der Waals surface area (Å²) in [6.45, 7) is 2.32. The summed E-state index contributed by atoms with van der Waals surface area (Å²) in [5.74, 6) is 0.0151. The molecule has 0 aliphatic heterocycles. The first-order valence-electron chi connectivity index (χ1n) is 6.52. The molecule has 0 bridgehead atoms. The first-order valence-corrected chi connectivity index (χ1v) is 6.52. The average molecular weight is 289 g/mol. The van der Waals surface area contributed by atoms with E-state index in [2.05, 4.69) is 5.32 Å². The van der Waals surface area contributed by atoms with Crippen molar-refractivity contribution in [2.75, 3.05) is 19.0 Å². The highest BCUT2D eigenvalue weighted by atomic mass is 19.1. The summed E-state index contributed by atoms with van der Waals surface area (Å²) in [4.78, 5) is 12.0. The Hall–Kier alpha value is -2.56. The van der Waals surface area contributed by atoms with Crippen LogP contribution in [0.2, 0.25) is 0 Å². The highest BCUT2D eigenvalue weighted by molar-refractivity contribution is 6.04. The molecule has 0 aliphatic rings. The second-order valence-corrected chi connectivity index (χ2v) is 4.23. The fourth-order valence-corrected chi connectivity index (χ4v) is 1.87. The van der Waals surface area contributed by atoms with Gasteiger partial charge in [0, 0.05) is 11.8 Å². The number of carbonyl (C=O) groups excluding carboxylic acids is 1. The number of halogens is 1. The van der Waals surface area contributed by atoms with Crippen LogP contribution in [-0.4, -0.2) is 19.6 Å². The fourth-order valence-electron chi connectivity index (χ4n) is 1.87. The molecule has 2 aromatic carbocycles. The highest BCUT2D eigenvalue weighted by Crippen LogP contribution is 2.30. The Bertz CT molecular complexity index is 643. The molecule has 0 heterocycles. The second-order valence-electron chi connectivity index (χ2n) is 4.23. The molecule has 0 saturated carbocycles. The predicted molar refractivity (Wildman–Crippen MR) is 78.5 cm³/mol. The predicted octanol–water partition coefficient (Wildman–Crippen LogP) is 3.49. The molecule has 2 aromatic rings. The third-order valence-corrected chi connectivity index (χ3v) is 2.84. The molecule has 21 heavy (non-hydrogen) atoms. The van der Waals surface area contributed by atoms with Crippen molar-refractivity contribution in [1.82, 2.24) is 0 Å². The van der Waals surface area contributed by atoms with Crippen molar-refractivity contribution in [3.8, 4) is 11.5 Å². The van der Waals surface area contributed by atoms with E-state index in [4.69, 9.17) is 9.47 Å². The second kappa shape index (κ2) is 6.74. The van der Waals surface area contributed by atoms with Gasteiger partial charge in [0.2, 0.25) is 0 Å². The van der Waals surface area contributed by atoms with Crippen LogP contribution in [0.4, 0.5) is 10.1 Å². The lowest BCUT2D eigenvalue weighted by molar-refractivity contribution is 0.102. The molecule has 4 nitrogen and oxygen atoms in total. The van der Waals surface area contributed by atoms with Gasteiger partial charge in [-0.1, -0.05) is 12.1 Å². The largest absolute Gasteiger partial charge is 0.493 e. The lowest BCUT2D eigenvalue weighted by Crippen LogP contribution is -2.13. The molecule has 1 N–H and O–H groups in total. The van der Waals surface area contributed by atoms with Crippen LogP contribution in [0.15, 0.2) is 42.5 Å². The molecular weight excluding hydrogens is 273 g/mol. The van der Waals surface area contributed by atoms with Gasteiger partial charge in [0.15, 0.2) is 11.5 Å². The van der Waals surface area contributed by atoms with Crippen LogP contribution in [0.25, 0.3) is 0 Å². The van der Waals surface area contributed by atoms with E-state index in [0.29, 0.717) is 23.8 Å². The van der Waals surface area contributed by atoms with Crippen molar-refractivity contribution >= 4 is 11.6 Å². The zero-order chi connectivity index (χ0) is 15.2. The van der Waals surface area contributed by atoms with Gasteiger partial charge in [-0.05, 0) is 31.2 Å². The van der Waals surface area contributed by atoms with E-state index in [1.54, 1.807) is 24.3 Å². The fraction of sp³-hybridized carbons (Fsp3) is 0.188. The number of anilines is 1. The van der Waals surface area contributed by atoms with Crippen LogP contribution in [0.5, 0.6) is 11.5 Å². The Morgan fingerprint density at radius 2 is 1.95 bits per heavy atom. The lowest BCUT2D eigenvalue weighted by atomic mass is 10.2. The first kappa shape index (κ1) is 14.8. The zero-order valence-electron chi connectivity index (χ0n) is 11.9. The molecular formula is C16H16FNO3. The van der Waals surface area contributed by atoms with E-state index in [1.165, 1.54) is 25.3 Å². The molecule has 2 rings (SSSR count). The summed E-state index contributed by atoms with van der Waals surface area (Å²) in [7, 11) is 1.54. The molecule has 0 atom stereocenters. The summed E-state index contributed by atoms with van der Waals surface area (Å²) in [5, 5.41) is 2.63. The third kappa shape index (κ3) is 3.51. The zero-order valence-corrected chi connectivity index (χ0v) is 11.9. The molecule has 0 radical (unpaired) electrons. The SMILES string of the molecule is CCOc1cc(NC(=O)c2ccccc2F)ccc1OC. The number of ether oxygens (including phenoxy) is 2. The molecule has 0 saturated heterocycles. The van der Waals surface area contributed by atoms with Crippen LogP contribution in [-0.2, 0) is 0 Å². The van der Waals surface area contributed by atoms with E-state index in [9.17, 15) is 9.18 Å². The topological polar surface area (TPSA) is 47.6 Å². The van der Waals surface area contributed by atoms with Crippen molar-refractivity contribution in [1.29, 1.82) is 0 Å². The van der Waals surface area contributed by atoms with Gasteiger partial charge < -0.3 is 14.8 Å². The maximum Gasteiger partial charge on any atom is 0.258 e. The number of methoxy groups -OCH3 is 1. The molecule has 5 heteroatoms. The molecule has 0 fully saturated rings. The van der Waals surface area contributed by atoms with Gasteiger partial charge in [0.25, 0.3) is 5.91 Å². The van der Waals surface area contributed by atoms with Crippen molar-refractivity contribution in [2.24, 2.45) is 0 Å². The van der Waals surface area contributed by atoms with E-state index in [0.717, 1.165) is 0 Å². The van der Waals surface area contributed by atoms with Gasteiger partial charge in [-0.2, -0.15) is 0 Å². The Balaban J connectivity index is 2.21. The molecule has 0 unspecified atom stereocenters.